The molecule has 0 aliphatic carbocycles. The standard InChI is InChI=1S/C18H17B9N2O4/c19-16(20)10-9-28-12-6-4-5-11(13(10)12)27(33-15(31)32-8-3-1-2-7-30)14(16)29(17(21,22)23)18(24,25)26/h4-6,9,14,28,30H,1-3,7-8H2. The van der Waals surface area contributed by atoms with Gasteiger partial charge in [-0.3, -0.25) is 0 Å². The number of benzene rings is 1. The first-order valence-electron chi connectivity index (χ1n) is 10.4. The molecule has 0 saturated carbocycles. The molecule has 0 fully saturated rings. The molecule has 1 aliphatic rings. The summed E-state index contributed by atoms with van der Waals surface area (Å²) in [6, 6.07) is 5.28. The zero-order chi connectivity index (χ0) is 24.6. The number of H-pyrrole nitrogens is 1. The number of unbranched alkanes of at least 4 members (excludes halogenated alkanes) is 2. The summed E-state index contributed by atoms with van der Waals surface area (Å²) < 4.78 is 10.9. The van der Waals surface area contributed by atoms with Crippen molar-refractivity contribution in [3.8, 4) is 0 Å². The maximum absolute atomic E-state index is 12.6. The van der Waals surface area contributed by atoms with Gasteiger partial charge in [-0.2, -0.15) is 0 Å². The average molecular weight is 423 g/mol. The summed E-state index contributed by atoms with van der Waals surface area (Å²) in [5.74, 6) is -1.30. The molecule has 0 bridgehead atoms. The SMILES string of the molecule is [B]C1([B])c2c[nH]c3cccc(c23)B(OC(=O)OCCCCCO)C1N(C([B])([B])[B])C([B])([B])[B]. The van der Waals surface area contributed by atoms with Crippen LogP contribution in [0, 0.1) is 0 Å². The van der Waals surface area contributed by atoms with Crippen LogP contribution in [0.25, 0.3) is 10.9 Å². The first kappa shape index (κ1) is 26.1. The van der Waals surface area contributed by atoms with Crippen LogP contribution < -0.4 is 5.46 Å². The summed E-state index contributed by atoms with van der Waals surface area (Å²) >= 11 is 0. The van der Waals surface area contributed by atoms with Crippen LogP contribution in [-0.4, -0.2) is 120 Å². The number of aromatic nitrogens is 1. The quantitative estimate of drug-likeness (QED) is 0.268. The number of nitrogens with zero attached hydrogens (tertiary/aromatic N) is 1. The van der Waals surface area contributed by atoms with Gasteiger partial charge in [-0.1, -0.05) is 27.8 Å². The minimum absolute atomic E-state index is 0.0557. The van der Waals surface area contributed by atoms with Crippen molar-refractivity contribution in [3.05, 3.63) is 30.0 Å². The molecule has 150 valence electrons. The molecular weight excluding hydrogens is 406 g/mol. The van der Waals surface area contributed by atoms with Crippen LogP contribution in [0.5, 0.6) is 0 Å². The fourth-order valence-corrected chi connectivity index (χ4v) is 4.35. The molecule has 33 heavy (non-hydrogen) atoms. The molecule has 0 amide bonds. The lowest BCUT2D eigenvalue weighted by molar-refractivity contribution is 0.0924. The second kappa shape index (κ2) is 9.65. The second-order valence-corrected chi connectivity index (χ2v) is 8.42. The van der Waals surface area contributed by atoms with Crippen molar-refractivity contribution in [1.82, 2.24) is 9.88 Å². The van der Waals surface area contributed by atoms with Gasteiger partial charge in [0.2, 0.25) is 0 Å². The average Bonchev–Trinajstić information content (AvgIpc) is 3.13. The van der Waals surface area contributed by atoms with E-state index in [4.69, 9.17) is 77.3 Å². The molecule has 15 heteroatoms. The predicted octanol–water partition coefficient (Wildman–Crippen LogP) is -2.37. The Hall–Kier alpha value is -1.47. The third-order valence-corrected chi connectivity index (χ3v) is 5.65. The monoisotopic (exact) mass is 424 g/mol. The Morgan fingerprint density at radius 3 is 2.39 bits per heavy atom. The van der Waals surface area contributed by atoms with E-state index in [1.165, 1.54) is 0 Å². The molecule has 1 aromatic carbocycles. The van der Waals surface area contributed by atoms with E-state index in [1.54, 1.807) is 18.3 Å². The Kier molecular flexibility index (Phi) is 7.65. The highest BCUT2D eigenvalue weighted by Crippen LogP contribution is 2.39. The molecule has 1 atom stereocenters. The van der Waals surface area contributed by atoms with Gasteiger partial charge in [0.05, 0.1) is 69.4 Å². The summed E-state index contributed by atoms with van der Waals surface area (Å²) in [4.78, 5) is 16.6. The van der Waals surface area contributed by atoms with E-state index in [-0.39, 0.29) is 13.2 Å². The zero-order valence-corrected chi connectivity index (χ0v) is 18.2. The minimum Gasteiger partial charge on any atom is -0.499 e. The largest absolute Gasteiger partial charge is 0.499 e. The molecule has 0 spiro atoms. The molecule has 16 radical (unpaired) electrons. The molecule has 3 rings (SSSR count). The summed E-state index contributed by atoms with van der Waals surface area (Å²) in [7, 11) is 48.9. The zero-order valence-electron chi connectivity index (χ0n) is 18.2. The van der Waals surface area contributed by atoms with Crippen molar-refractivity contribution in [2.75, 3.05) is 13.2 Å². The number of carbonyl (C=O) groups is 1. The number of nitrogens with one attached hydrogen (secondary N) is 1. The van der Waals surface area contributed by atoms with E-state index in [0.29, 0.717) is 41.2 Å². The topological polar surface area (TPSA) is 74.8 Å². The molecule has 1 aliphatic heterocycles. The Morgan fingerprint density at radius 1 is 1.12 bits per heavy atom. The minimum atomic E-state index is -2.20. The van der Waals surface area contributed by atoms with Gasteiger partial charge in [-0.15, -0.1) is 0 Å². The number of aromatic amines is 1. The highest BCUT2D eigenvalue weighted by atomic mass is 16.7. The van der Waals surface area contributed by atoms with E-state index in [2.05, 4.69) is 4.98 Å². The molecule has 2 aromatic rings. The molecule has 6 nitrogen and oxygen atoms in total. The number of aliphatic hydroxyl groups excluding tert-OH is 1. The van der Waals surface area contributed by atoms with Gasteiger partial charge in [0.25, 0.3) is 0 Å². The highest BCUT2D eigenvalue weighted by Gasteiger charge is 2.54. The third kappa shape index (κ3) is 5.29. The van der Waals surface area contributed by atoms with Gasteiger partial charge in [0.15, 0.2) is 0 Å². The van der Waals surface area contributed by atoms with Crippen LogP contribution in [0.4, 0.5) is 4.79 Å². The summed E-state index contributed by atoms with van der Waals surface area (Å²) in [5, 5.41) is 3.33. The van der Waals surface area contributed by atoms with Gasteiger partial charge in [0.1, 0.15) is 0 Å². The van der Waals surface area contributed by atoms with E-state index in [9.17, 15) is 4.79 Å². The highest BCUT2D eigenvalue weighted by molar-refractivity contribution is 6.77. The van der Waals surface area contributed by atoms with Crippen LogP contribution in [0.3, 0.4) is 0 Å². The first-order chi connectivity index (χ1) is 15.3. The smallest absolute Gasteiger partial charge is 0.490 e. The fourth-order valence-electron chi connectivity index (χ4n) is 4.35. The van der Waals surface area contributed by atoms with Crippen molar-refractivity contribution in [2.45, 2.75) is 40.9 Å². The maximum atomic E-state index is 12.6. The van der Waals surface area contributed by atoms with Crippen LogP contribution >= 0.6 is 0 Å². The Morgan fingerprint density at radius 2 is 1.79 bits per heavy atom. The van der Waals surface area contributed by atoms with Crippen LogP contribution in [-0.2, 0) is 14.6 Å². The Bertz CT molecular complexity index is 975. The summed E-state index contributed by atoms with van der Waals surface area (Å²) in [6.07, 6.45) is 2.44. The van der Waals surface area contributed by atoms with E-state index >= 15 is 0 Å². The first-order valence-corrected chi connectivity index (χ1v) is 10.4. The van der Waals surface area contributed by atoms with Gasteiger partial charge in [-0.25, -0.2) is 4.79 Å². The molecule has 1 aromatic heterocycles. The van der Waals surface area contributed by atoms with Gasteiger partial charge in [0, 0.05) is 24.3 Å². The van der Waals surface area contributed by atoms with Crippen molar-refractivity contribution >= 4 is 92.2 Å². The van der Waals surface area contributed by atoms with E-state index in [1.807, 2.05) is 6.07 Å². The van der Waals surface area contributed by atoms with E-state index in [0.717, 1.165) is 4.90 Å². The lowest BCUT2D eigenvalue weighted by atomic mass is 9.28. The molecule has 1 unspecified atom stereocenters. The van der Waals surface area contributed by atoms with Crippen molar-refractivity contribution in [3.63, 3.8) is 0 Å². The van der Waals surface area contributed by atoms with Crippen LogP contribution in [0.15, 0.2) is 24.4 Å². The van der Waals surface area contributed by atoms with Crippen LogP contribution in [0.2, 0.25) is 0 Å². The summed E-state index contributed by atoms with van der Waals surface area (Å²) in [5.41, 5.74) is 1.70. The van der Waals surface area contributed by atoms with Crippen molar-refractivity contribution in [1.29, 1.82) is 0 Å². The summed E-state index contributed by atoms with van der Waals surface area (Å²) in [6.45, 7) is -1.07. The van der Waals surface area contributed by atoms with Gasteiger partial charge in [-0.05, 0) is 41.7 Å². The maximum Gasteiger partial charge on any atom is 0.490 e. The van der Waals surface area contributed by atoms with Gasteiger partial charge >= 0.3 is 13.1 Å². The van der Waals surface area contributed by atoms with Gasteiger partial charge < -0.3 is 24.4 Å². The number of aliphatic hydroxyl groups is 1. The van der Waals surface area contributed by atoms with E-state index < -0.39 is 34.7 Å². The van der Waals surface area contributed by atoms with Crippen LogP contribution in [0.1, 0.15) is 24.8 Å². The lowest BCUT2D eigenvalue weighted by Gasteiger charge is -2.59. The number of rotatable bonds is 9. The predicted molar refractivity (Wildman–Crippen MR) is 136 cm³/mol. The second-order valence-electron chi connectivity index (χ2n) is 8.42. The number of hydrogen-bond acceptors (Lipinski definition) is 5. The Labute approximate surface area is 205 Å². The lowest BCUT2D eigenvalue weighted by Crippen LogP contribution is -2.77. The fraction of sp³-hybridized carbons (Fsp3) is 0.500. The number of carbonyl (C=O) groups excluding carboxylic acids is 1. The van der Waals surface area contributed by atoms with Crippen molar-refractivity contribution < 1.29 is 19.3 Å². The Balaban J connectivity index is 2.05. The van der Waals surface area contributed by atoms with Crippen molar-refractivity contribution in [2.24, 2.45) is 0 Å². The molecule has 2 N–H and O–H groups in total. The molecular formula is C18H17B9N2O4. The number of hydrogen-bond donors (Lipinski definition) is 2. The number of ether oxygens (including phenoxy) is 1. The third-order valence-electron chi connectivity index (χ3n) is 5.65. The molecule has 2 heterocycles. The molecule has 0 saturated heterocycles. The normalized spacial score (nSPS) is 17.9.